The number of anilines is 1. The molecule has 0 N–H and O–H groups in total. The number of hydrogen-bond acceptors (Lipinski definition) is 4. The summed E-state index contributed by atoms with van der Waals surface area (Å²) in [6, 6.07) is 14.6. The molecule has 4 rings (SSSR count). The van der Waals surface area contributed by atoms with Gasteiger partial charge in [0.25, 0.3) is 5.91 Å². The van der Waals surface area contributed by atoms with Crippen LogP contribution in [0.4, 0.5) is 5.82 Å². The first-order chi connectivity index (χ1) is 14.1. The molecule has 0 spiro atoms. The van der Waals surface area contributed by atoms with E-state index in [2.05, 4.69) is 59.3 Å². The molecule has 2 aromatic rings. The van der Waals surface area contributed by atoms with E-state index < -0.39 is 0 Å². The molecule has 0 saturated carbocycles. The van der Waals surface area contributed by atoms with Gasteiger partial charge in [-0.25, -0.2) is 0 Å². The van der Waals surface area contributed by atoms with Gasteiger partial charge in [-0.15, -0.1) is 10.2 Å². The van der Waals surface area contributed by atoms with Crippen LogP contribution in [-0.2, 0) is 6.42 Å². The zero-order valence-corrected chi connectivity index (χ0v) is 17.6. The first kappa shape index (κ1) is 19.9. The molecular weight excluding hydrogens is 360 g/mol. The van der Waals surface area contributed by atoms with E-state index in [1.54, 1.807) is 0 Å². The summed E-state index contributed by atoms with van der Waals surface area (Å²) in [7, 11) is 0. The highest BCUT2D eigenvalue weighted by Gasteiger charge is 2.27. The standard InChI is InChI=1S/C24H32N4O/c1-18-14-19(2)17-28(16-18)24(29)22-8-9-23(26-25-22)27-12-10-21(11-13-27)15-20-6-4-3-5-7-20/h3-9,18-19,21H,10-17H2,1-2H3. The van der Waals surface area contributed by atoms with E-state index in [9.17, 15) is 4.79 Å². The molecule has 154 valence electrons. The number of hydrogen-bond donors (Lipinski definition) is 0. The first-order valence-corrected chi connectivity index (χ1v) is 11.0. The van der Waals surface area contributed by atoms with Gasteiger partial charge in [-0.05, 0) is 61.1 Å². The van der Waals surface area contributed by atoms with Gasteiger partial charge in [0.1, 0.15) is 0 Å². The summed E-state index contributed by atoms with van der Waals surface area (Å²) in [5.41, 5.74) is 1.89. The molecule has 1 aromatic heterocycles. The van der Waals surface area contributed by atoms with Crippen LogP contribution in [0.5, 0.6) is 0 Å². The molecule has 5 nitrogen and oxygen atoms in total. The lowest BCUT2D eigenvalue weighted by Gasteiger charge is -2.35. The number of likely N-dealkylation sites (tertiary alicyclic amines) is 1. The van der Waals surface area contributed by atoms with Crippen LogP contribution >= 0.6 is 0 Å². The lowest BCUT2D eigenvalue weighted by atomic mass is 9.90. The Hall–Kier alpha value is -2.43. The fourth-order valence-electron chi connectivity index (χ4n) is 4.91. The summed E-state index contributed by atoms with van der Waals surface area (Å²) in [5.74, 6) is 2.73. The topological polar surface area (TPSA) is 49.3 Å². The Bertz CT molecular complexity index is 789. The first-order valence-electron chi connectivity index (χ1n) is 11.0. The average molecular weight is 393 g/mol. The molecule has 2 aliphatic rings. The van der Waals surface area contributed by atoms with Gasteiger partial charge in [-0.2, -0.15) is 0 Å². The van der Waals surface area contributed by atoms with Crippen LogP contribution in [0.25, 0.3) is 0 Å². The maximum atomic E-state index is 12.8. The van der Waals surface area contributed by atoms with Gasteiger partial charge in [0.05, 0.1) is 0 Å². The van der Waals surface area contributed by atoms with Gasteiger partial charge in [0, 0.05) is 26.2 Å². The fraction of sp³-hybridized carbons (Fsp3) is 0.542. The Morgan fingerprint density at radius 3 is 2.28 bits per heavy atom. The minimum Gasteiger partial charge on any atom is -0.355 e. The molecule has 5 heteroatoms. The van der Waals surface area contributed by atoms with Gasteiger partial charge < -0.3 is 9.80 Å². The molecule has 2 saturated heterocycles. The van der Waals surface area contributed by atoms with E-state index >= 15 is 0 Å². The molecule has 2 fully saturated rings. The summed E-state index contributed by atoms with van der Waals surface area (Å²) >= 11 is 0. The van der Waals surface area contributed by atoms with Crippen LogP contribution in [0.1, 0.15) is 49.2 Å². The van der Waals surface area contributed by atoms with Crippen LogP contribution in [0.3, 0.4) is 0 Å². The van der Waals surface area contributed by atoms with Crippen molar-refractivity contribution in [3.05, 3.63) is 53.7 Å². The van der Waals surface area contributed by atoms with Crippen molar-refractivity contribution in [3.63, 3.8) is 0 Å². The minimum atomic E-state index is 0.0176. The zero-order valence-electron chi connectivity index (χ0n) is 17.6. The lowest BCUT2D eigenvalue weighted by molar-refractivity contribution is 0.0616. The molecular formula is C24H32N4O. The fourth-order valence-corrected chi connectivity index (χ4v) is 4.91. The Morgan fingerprint density at radius 1 is 0.966 bits per heavy atom. The van der Waals surface area contributed by atoms with E-state index in [1.807, 2.05) is 17.0 Å². The van der Waals surface area contributed by atoms with Crippen LogP contribution in [0.15, 0.2) is 42.5 Å². The Labute approximate surface area is 174 Å². The summed E-state index contributed by atoms with van der Waals surface area (Å²) in [6.07, 6.45) is 4.68. The summed E-state index contributed by atoms with van der Waals surface area (Å²) in [5, 5.41) is 8.68. The number of nitrogens with zero attached hydrogens (tertiary/aromatic N) is 4. The number of amides is 1. The third-order valence-corrected chi connectivity index (χ3v) is 6.33. The van der Waals surface area contributed by atoms with Crippen molar-refractivity contribution in [1.82, 2.24) is 15.1 Å². The molecule has 3 heterocycles. The second-order valence-corrected chi connectivity index (χ2v) is 9.05. The predicted octanol–water partition coefficient (Wildman–Crippen LogP) is 4.05. The lowest BCUT2D eigenvalue weighted by Crippen LogP contribution is -2.43. The van der Waals surface area contributed by atoms with Crippen molar-refractivity contribution in [2.75, 3.05) is 31.1 Å². The highest BCUT2D eigenvalue weighted by Crippen LogP contribution is 2.25. The molecule has 2 atom stereocenters. The quantitative estimate of drug-likeness (QED) is 0.787. The third-order valence-electron chi connectivity index (χ3n) is 6.33. The maximum absolute atomic E-state index is 12.8. The van der Waals surface area contributed by atoms with E-state index in [-0.39, 0.29) is 5.91 Å². The van der Waals surface area contributed by atoms with Gasteiger partial charge >= 0.3 is 0 Å². The predicted molar refractivity (Wildman–Crippen MR) is 116 cm³/mol. The van der Waals surface area contributed by atoms with Gasteiger partial charge in [0.15, 0.2) is 11.5 Å². The highest BCUT2D eigenvalue weighted by molar-refractivity contribution is 5.92. The Morgan fingerprint density at radius 2 is 1.66 bits per heavy atom. The van der Waals surface area contributed by atoms with Crippen molar-refractivity contribution < 1.29 is 4.79 Å². The molecule has 1 aromatic carbocycles. The van der Waals surface area contributed by atoms with Crippen molar-refractivity contribution in [1.29, 1.82) is 0 Å². The Kier molecular flexibility index (Phi) is 6.12. The van der Waals surface area contributed by atoms with Crippen LogP contribution in [0, 0.1) is 17.8 Å². The van der Waals surface area contributed by atoms with Crippen LogP contribution < -0.4 is 4.90 Å². The zero-order chi connectivity index (χ0) is 20.2. The minimum absolute atomic E-state index is 0.0176. The molecule has 2 unspecified atom stereocenters. The van der Waals surface area contributed by atoms with Gasteiger partial charge in [-0.1, -0.05) is 44.2 Å². The number of rotatable bonds is 4. The average Bonchev–Trinajstić information content (AvgIpc) is 2.74. The maximum Gasteiger partial charge on any atom is 0.274 e. The van der Waals surface area contributed by atoms with E-state index in [4.69, 9.17) is 0 Å². The molecule has 0 bridgehead atoms. The monoisotopic (exact) mass is 392 g/mol. The molecule has 29 heavy (non-hydrogen) atoms. The van der Waals surface area contributed by atoms with Crippen molar-refractivity contribution in [2.45, 2.75) is 39.5 Å². The third kappa shape index (κ3) is 4.95. The second-order valence-electron chi connectivity index (χ2n) is 9.05. The normalized spacial score (nSPS) is 23.2. The SMILES string of the molecule is CC1CC(C)CN(C(=O)c2ccc(N3CCC(Cc4ccccc4)CC3)nn2)C1. The van der Waals surface area contributed by atoms with E-state index in [0.29, 0.717) is 17.5 Å². The van der Waals surface area contributed by atoms with E-state index in [0.717, 1.165) is 44.3 Å². The van der Waals surface area contributed by atoms with Crippen molar-refractivity contribution in [3.8, 4) is 0 Å². The molecule has 0 aliphatic carbocycles. The number of carbonyl (C=O) groups excluding carboxylic acids is 1. The number of benzene rings is 1. The number of carbonyl (C=O) groups is 1. The smallest absolute Gasteiger partial charge is 0.274 e. The summed E-state index contributed by atoms with van der Waals surface area (Å²) < 4.78 is 0. The van der Waals surface area contributed by atoms with Gasteiger partial charge in [0.2, 0.25) is 0 Å². The highest BCUT2D eigenvalue weighted by atomic mass is 16.2. The van der Waals surface area contributed by atoms with Crippen molar-refractivity contribution in [2.24, 2.45) is 17.8 Å². The number of piperidine rings is 2. The second kappa shape index (κ2) is 8.93. The summed E-state index contributed by atoms with van der Waals surface area (Å²) in [4.78, 5) is 17.0. The largest absolute Gasteiger partial charge is 0.355 e. The van der Waals surface area contributed by atoms with Crippen molar-refractivity contribution >= 4 is 11.7 Å². The van der Waals surface area contributed by atoms with Crippen LogP contribution in [0.2, 0.25) is 0 Å². The number of aromatic nitrogens is 2. The van der Waals surface area contributed by atoms with Crippen LogP contribution in [-0.4, -0.2) is 47.2 Å². The molecule has 1 amide bonds. The van der Waals surface area contributed by atoms with E-state index in [1.165, 1.54) is 24.8 Å². The molecule has 2 aliphatic heterocycles. The summed E-state index contributed by atoms with van der Waals surface area (Å²) in [6.45, 7) is 8.07. The van der Waals surface area contributed by atoms with Gasteiger partial charge in [-0.3, -0.25) is 4.79 Å². The Balaban J connectivity index is 1.32. The molecule has 0 radical (unpaired) electrons.